The number of anilines is 1. The third-order valence-corrected chi connectivity index (χ3v) is 6.06. The minimum atomic E-state index is -3.45. The molecule has 1 N–H and O–H groups in total. The molecule has 0 saturated heterocycles. The standard InChI is InChI=1S/C24H28N2O4S/c1-31(28,29)26(23-14-13-21-10-5-6-11-22(21)18-23)16-7-12-24(27)25-15-17-30-19-20-8-3-2-4-9-20/h2-6,8-11,13-14,18H,7,12,15-17,19H2,1H3,(H,25,27). The van der Waals surface area contributed by atoms with Crippen molar-refractivity contribution in [2.45, 2.75) is 19.4 Å². The van der Waals surface area contributed by atoms with E-state index in [9.17, 15) is 13.2 Å². The van der Waals surface area contributed by atoms with Crippen LogP contribution in [0.2, 0.25) is 0 Å². The minimum absolute atomic E-state index is 0.115. The zero-order valence-electron chi connectivity index (χ0n) is 17.7. The molecule has 0 saturated carbocycles. The SMILES string of the molecule is CS(=O)(=O)N(CCCC(=O)NCCOCc1ccccc1)c1ccc2ccccc2c1. The number of nitrogens with one attached hydrogen (secondary N) is 1. The summed E-state index contributed by atoms with van der Waals surface area (Å²) in [6.07, 6.45) is 1.86. The van der Waals surface area contributed by atoms with Crippen molar-refractivity contribution in [2.75, 3.05) is 30.3 Å². The number of sulfonamides is 1. The Hall–Kier alpha value is -2.90. The molecule has 0 aliphatic rings. The topological polar surface area (TPSA) is 75.7 Å². The summed E-state index contributed by atoms with van der Waals surface area (Å²) in [6, 6.07) is 23.2. The van der Waals surface area contributed by atoms with E-state index in [4.69, 9.17) is 4.74 Å². The summed E-state index contributed by atoms with van der Waals surface area (Å²) in [5, 5.41) is 4.84. The Kier molecular flexibility index (Phi) is 8.03. The Bertz CT molecular complexity index is 1100. The van der Waals surface area contributed by atoms with Gasteiger partial charge in [0.2, 0.25) is 15.9 Å². The maximum Gasteiger partial charge on any atom is 0.232 e. The van der Waals surface area contributed by atoms with Crippen molar-refractivity contribution in [1.82, 2.24) is 5.32 Å². The molecule has 0 spiro atoms. The average Bonchev–Trinajstić information content (AvgIpc) is 2.76. The molecule has 3 aromatic carbocycles. The predicted molar refractivity (Wildman–Crippen MR) is 124 cm³/mol. The van der Waals surface area contributed by atoms with Gasteiger partial charge < -0.3 is 10.1 Å². The van der Waals surface area contributed by atoms with Gasteiger partial charge in [0, 0.05) is 19.5 Å². The van der Waals surface area contributed by atoms with Gasteiger partial charge in [-0.15, -0.1) is 0 Å². The molecule has 31 heavy (non-hydrogen) atoms. The van der Waals surface area contributed by atoms with E-state index in [1.807, 2.05) is 66.7 Å². The lowest BCUT2D eigenvalue weighted by molar-refractivity contribution is -0.121. The Morgan fingerprint density at radius 3 is 2.42 bits per heavy atom. The number of carbonyl (C=O) groups excluding carboxylic acids is 1. The number of rotatable bonds is 11. The highest BCUT2D eigenvalue weighted by Crippen LogP contribution is 2.24. The van der Waals surface area contributed by atoms with Crippen LogP contribution in [0.25, 0.3) is 10.8 Å². The van der Waals surface area contributed by atoms with Crippen LogP contribution in [0.15, 0.2) is 72.8 Å². The van der Waals surface area contributed by atoms with Gasteiger partial charge in [-0.3, -0.25) is 9.10 Å². The number of hydrogen-bond donors (Lipinski definition) is 1. The smallest absolute Gasteiger partial charge is 0.232 e. The monoisotopic (exact) mass is 440 g/mol. The minimum Gasteiger partial charge on any atom is -0.375 e. The van der Waals surface area contributed by atoms with Gasteiger partial charge in [-0.2, -0.15) is 0 Å². The van der Waals surface area contributed by atoms with Crippen LogP contribution in [0.5, 0.6) is 0 Å². The highest BCUT2D eigenvalue weighted by Gasteiger charge is 2.18. The average molecular weight is 441 g/mol. The van der Waals surface area contributed by atoms with Crippen LogP contribution < -0.4 is 9.62 Å². The van der Waals surface area contributed by atoms with Crippen LogP contribution in [0.4, 0.5) is 5.69 Å². The first-order valence-electron chi connectivity index (χ1n) is 10.3. The molecular weight excluding hydrogens is 412 g/mol. The van der Waals surface area contributed by atoms with Gasteiger partial charge in [0.15, 0.2) is 0 Å². The van der Waals surface area contributed by atoms with Crippen LogP contribution in [-0.2, 0) is 26.2 Å². The Morgan fingerprint density at radius 1 is 0.968 bits per heavy atom. The molecule has 0 aliphatic heterocycles. The highest BCUT2D eigenvalue weighted by molar-refractivity contribution is 7.92. The van der Waals surface area contributed by atoms with Gasteiger partial charge in [-0.05, 0) is 34.9 Å². The predicted octanol–water partition coefficient (Wildman–Crippen LogP) is 3.72. The van der Waals surface area contributed by atoms with E-state index in [0.717, 1.165) is 16.3 Å². The fourth-order valence-electron chi connectivity index (χ4n) is 3.32. The van der Waals surface area contributed by atoms with Crippen molar-refractivity contribution < 1.29 is 17.9 Å². The first-order chi connectivity index (χ1) is 14.9. The van der Waals surface area contributed by atoms with Gasteiger partial charge in [-0.1, -0.05) is 60.7 Å². The van der Waals surface area contributed by atoms with E-state index in [1.54, 1.807) is 6.07 Å². The van der Waals surface area contributed by atoms with Gasteiger partial charge in [0.1, 0.15) is 0 Å². The van der Waals surface area contributed by atoms with E-state index in [2.05, 4.69) is 5.32 Å². The molecule has 6 nitrogen and oxygen atoms in total. The molecular formula is C24H28N2O4S. The zero-order valence-corrected chi connectivity index (χ0v) is 18.5. The quantitative estimate of drug-likeness (QED) is 0.461. The summed E-state index contributed by atoms with van der Waals surface area (Å²) in [5.41, 5.74) is 1.69. The molecule has 3 rings (SSSR count). The maximum atomic E-state index is 12.3. The van der Waals surface area contributed by atoms with Crippen molar-refractivity contribution >= 4 is 32.4 Å². The molecule has 3 aromatic rings. The van der Waals surface area contributed by atoms with Gasteiger partial charge in [0.05, 0.1) is 25.2 Å². The van der Waals surface area contributed by atoms with E-state index in [-0.39, 0.29) is 18.9 Å². The van der Waals surface area contributed by atoms with Crippen molar-refractivity contribution in [3.63, 3.8) is 0 Å². The van der Waals surface area contributed by atoms with Crippen LogP contribution in [0.1, 0.15) is 18.4 Å². The molecule has 0 radical (unpaired) electrons. The summed E-state index contributed by atoms with van der Waals surface area (Å²) >= 11 is 0. The van der Waals surface area contributed by atoms with E-state index in [0.29, 0.717) is 31.9 Å². The third kappa shape index (κ3) is 7.08. The zero-order chi connectivity index (χ0) is 22.1. The van der Waals surface area contributed by atoms with Crippen LogP contribution >= 0.6 is 0 Å². The first kappa shape index (κ1) is 22.8. The Labute approximate surface area is 183 Å². The molecule has 0 bridgehead atoms. The fourth-order valence-corrected chi connectivity index (χ4v) is 4.27. The van der Waals surface area contributed by atoms with Gasteiger partial charge in [0.25, 0.3) is 0 Å². The van der Waals surface area contributed by atoms with Crippen LogP contribution in [0.3, 0.4) is 0 Å². The maximum absolute atomic E-state index is 12.3. The molecule has 0 unspecified atom stereocenters. The van der Waals surface area contributed by atoms with E-state index in [1.165, 1.54) is 10.6 Å². The lowest BCUT2D eigenvalue weighted by atomic mass is 10.1. The summed E-state index contributed by atoms with van der Waals surface area (Å²) in [4.78, 5) is 12.1. The van der Waals surface area contributed by atoms with Crippen LogP contribution in [0, 0.1) is 0 Å². The number of amides is 1. The lowest BCUT2D eigenvalue weighted by Gasteiger charge is -2.22. The molecule has 1 amide bonds. The molecule has 164 valence electrons. The molecule has 0 heterocycles. The third-order valence-electron chi connectivity index (χ3n) is 4.87. The second kappa shape index (κ2) is 10.9. The van der Waals surface area contributed by atoms with Crippen molar-refractivity contribution in [3.8, 4) is 0 Å². The van der Waals surface area contributed by atoms with Crippen molar-refractivity contribution in [1.29, 1.82) is 0 Å². The number of carbonyl (C=O) groups is 1. The van der Waals surface area contributed by atoms with Crippen molar-refractivity contribution in [3.05, 3.63) is 78.4 Å². The second-order valence-corrected chi connectivity index (χ2v) is 9.27. The first-order valence-corrected chi connectivity index (χ1v) is 12.1. The summed E-state index contributed by atoms with van der Waals surface area (Å²) in [6.45, 7) is 1.60. The van der Waals surface area contributed by atoms with Gasteiger partial charge in [-0.25, -0.2) is 8.42 Å². The Balaban J connectivity index is 1.44. The number of benzene rings is 3. The number of hydrogen-bond acceptors (Lipinski definition) is 4. The number of ether oxygens (including phenoxy) is 1. The summed E-state index contributed by atoms with van der Waals surface area (Å²) in [5.74, 6) is -0.115. The van der Waals surface area contributed by atoms with Crippen molar-refractivity contribution in [2.24, 2.45) is 0 Å². The number of fused-ring (bicyclic) bond motifs is 1. The summed E-state index contributed by atoms with van der Waals surface area (Å²) < 4.78 is 31.5. The largest absolute Gasteiger partial charge is 0.375 e. The van der Waals surface area contributed by atoms with E-state index < -0.39 is 10.0 Å². The fraction of sp³-hybridized carbons (Fsp3) is 0.292. The van der Waals surface area contributed by atoms with Gasteiger partial charge >= 0.3 is 0 Å². The summed E-state index contributed by atoms with van der Waals surface area (Å²) in [7, 11) is -3.45. The normalized spacial score (nSPS) is 11.4. The molecule has 0 fully saturated rings. The second-order valence-electron chi connectivity index (χ2n) is 7.36. The van der Waals surface area contributed by atoms with Crippen LogP contribution in [-0.4, -0.2) is 40.3 Å². The number of nitrogens with zero attached hydrogens (tertiary/aromatic N) is 1. The van der Waals surface area contributed by atoms with E-state index >= 15 is 0 Å². The highest BCUT2D eigenvalue weighted by atomic mass is 32.2. The Morgan fingerprint density at radius 2 is 1.68 bits per heavy atom. The molecule has 0 aliphatic carbocycles. The molecule has 0 atom stereocenters. The molecule has 0 aromatic heterocycles. The lowest BCUT2D eigenvalue weighted by Crippen LogP contribution is -2.32. The molecule has 7 heteroatoms.